The zero-order valence-electron chi connectivity index (χ0n) is 12.0. The number of amides is 1. The lowest BCUT2D eigenvalue weighted by Crippen LogP contribution is -2.17. The molecule has 110 valence electrons. The third-order valence-electron chi connectivity index (χ3n) is 3.34. The summed E-state index contributed by atoms with van der Waals surface area (Å²) in [7, 11) is 1.48. The van der Waals surface area contributed by atoms with E-state index in [1.54, 1.807) is 0 Å². The lowest BCUT2D eigenvalue weighted by Gasteiger charge is -2.09. The summed E-state index contributed by atoms with van der Waals surface area (Å²) in [5.41, 5.74) is 2.44. The molecule has 1 aliphatic rings. The normalized spacial score (nSPS) is 14.2. The zero-order valence-corrected chi connectivity index (χ0v) is 12.0. The van der Waals surface area contributed by atoms with Crippen molar-refractivity contribution >= 4 is 11.6 Å². The van der Waals surface area contributed by atoms with Crippen LogP contribution in [0.2, 0.25) is 0 Å². The summed E-state index contributed by atoms with van der Waals surface area (Å²) in [6.07, 6.45) is 2.23. The van der Waals surface area contributed by atoms with Crippen LogP contribution < -0.4 is 5.32 Å². The Morgan fingerprint density at radius 1 is 1.48 bits per heavy atom. The average Bonchev–Trinajstić information content (AvgIpc) is 3.19. The second-order valence-corrected chi connectivity index (χ2v) is 5.26. The van der Waals surface area contributed by atoms with Gasteiger partial charge in [-0.1, -0.05) is 16.8 Å². The molecule has 1 aliphatic carbocycles. The number of ether oxygens (including phenoxy) is 1. The van der Waals surface area contributed by atoms with Crippen molar-refractivity contribution in [3.05, 3.63) is 29.6 Å². The second-order valence-electron chi connectivity index (χ2n) is 5.26. The van der Waals surface area contributed by atoms with E-state index in [9.17, 15) is 4.79 Å². The van der Waals surface area contributed by atoms with E-state index in [1.807, 2.05) is 25.1 Å². The number of nitrogens with zero attached hydrogens (tertiary/aromatic N) is 2. The number of carbonyl (C=O) groups excluding carboxylic acids is 1. The van der Waals surface area contributed by atoms with Gasteiger partial charge in [0.1, 0.15) is 6.61 Å². The molecule has 6 heteroatoms. The average molecular weight is 287 g/mol. The van der Waals surface area contributed by atoms with Crippen molar-refractivity contribution in [2.75, 3.05) is 19.0 Å². The number of benzene rings is 1. The third-order valence-corrected chi connectivity index (χ3v) is 3.34. The standard InChI is InChI=1S/C15H17N3O3/c1-9-3-6-12(16-13(19)8-20-2)11(7-9)15-17-14(18-21-15)10-4-5-10/h3,6-7,10H,4-5,8H2,1-2H3,(H,16,19). The summed E-state index contributed by atoms with van der Waals surface area (Å²) in [6, 6.07) is 5.68. The van der Waals surface area contributed by atoms with E-state index in [1.165, 1.54) is 7.11 Å². The zero-order chi connectivity index (χ0) is 14.8. The van der Waals surface area contributed by atoms with Crippen LogP contribution in [0.15, 0.2) is 22.7 Å². The molecular weight excluding hydrogens is 270 g/mol. The Kier molecular flexibility index (Phi) is 3.70. The van der Waals surface area contributed by atoms with Crippen LogP contribution in [-0.2, 0) is 9.53 Å². The molecular formula is C15H17N3O3. The largest absolute Gasteiger partial charge is 0.375 e. The predicted molar refractivity (Wildman–Crippen MR) is 77.0 cm³/mol. The van der Waals surface area contributed by atoms with Gasteiger partial charge in [0.2, 0.25) is 5.91 Å². The van der Waals surface area contributed by atoms with Crippen molar-refractivity contribution in [2.24, 2.45) is 0 Å². The molecule has 0 spiro atoms. The quantitative estimate of drug-likeness (QED) is 0.914. The van der Waals surface area contributed by atoms with Crippen LogP contribution in [0.25, 0.3) is 11.5 Å². The fourth-order valence-corrected chi connectivity index (χ4v) is 2.11. The van der Waals surface area contributed by atoms with Gasteiger partial charge in [0.15, 0.2) is 5.82 Å². The fraction of sp³-hybridized carbons (Fsp3) is 0.400. The van der Waals surface area contributed by atoms with Gasteiger partial charge in [0, 0.05) is 13.0 Å². The first-order valence-corrected chi connectivity index (χ1v) is 6.91. The maximum atomic E-state index is 11.7. The number of hydrogen-bond donors (Lipinski definition) is 1. The van der Waals surface area contributed by atoms with Crippen LogP contribution in [0.1, 0.15) is 30.1 Å². The Balaban J connectivity index is 1.91. The number of aromatic nitrogens is 2. The van der Waals surface area contributed by atoms with Crippen LogP contribution in [0.4, 0.5) is 5.69 Å². The van der Waals surface area contributed by atoms with E-state index >= 15 is 0 Å². The maximum Gasteiger partial charge on any atom is 0.260 e. The van der Waals surface area contributed by atoms with Gasteiger partial charge >= 0.3 is 0 Å². The van der Waals surface area contributed by atoms with Gasteiger partial charge in [-0.15, -0.1) is 0 Å². The summed E-state index contributed by atoms with van der Waals surface area (Å²) >= 11 is 0. The Bertz CT molecular complexity index is 662. The minimum atomic E-state index is -0.218. The molecule has 0 saturated heterocycles. The highest BCUT2D eigenvalue weighted by atomic mass is 16.5. The lowest BCUT2D eigenvalue weighted by molar-refractivity contribution is -0.119. The highest BCUT2D eigenvalue weighted by Crippen LogP contribution is 2.39. The Morgan fingerprint density at radius 3 is 3.00 bits per heavy atom. The van der Waals surface area contributed by atoms with Gasteiger partial charge in [-0.3, -0.25) is 4.79 Å². The van der Waals surface area contributed by atoms with Crippen LogP contribution in [0.5, 0.6) is 0 Å². The van der Waals surface area contributed by atoms with Gasteiger partial charge in [-0.25, -0.2) is 0 Å². The van der Waals surface area contributed by atoms with Gasteiger partial charge in [-0.2, -0.15) is 4.98 Å². The molecule has 1 aromatic heterocycles. The predicted octanol–water partition coefficient (Wildman–Crippen LogP) is 2.51. The Morgan fingerprint density at radius 2 is 2.29 bits per heavy atom. The minimum absolute atomic E-state index is 0.00444. The van der Waals surface area contributed by atoms with E-state index in [-0.39, 0.29) is 12.5 Å². The Hall–Kier alpha value is -2.21. The molecule has 1 aromatic carbocycles. The number of aryl methyl sites for hydroxylation is 1. The van der Waals surface area contributed by atoms with Crippen LogP contribution in [-0.4, -0.2) is 29.8 Å². The third kappa shape index (κ3) is 3.11. The second kappa shape index (κ2) is 5.65. The molecule has 2 aromatic rings. The van der Waals surface area contributed by atoms with Gasteiger partial charge in [-0.05, 0) is 31.9 Å². The molecule has 6 nitrogen and oxygen atoms in total. The van der Waals surface area contributed by atoms with Crippen molar-refractivity contribution in [1.82, 2.24) is 10.1 Å². The highest BCUT2D eigenvalue weighted by Gasteiger charge is 2.29. The summed E-state index contributed by atoms with van der Waals surface area (Å²) < 4.78 is 10.2. The first-order valence-electron chi connectivity index (χ1n) is 6.91. The van der Waals surface area contributed by atoms with Crippen molar-refractivity contribution in [3.63, 3.8) is 0 Å². The molecule has 21 heavy (non-hydrogen) atoms. The smallest absolute Gasteiger partial charge is 0.260 e. The van der Waals surface area contributed by atoms with Crippen LogP contribution in [0.3, 0.4) is 0 Å². The number of rotatable bonds is 5. The highest BCUT2D eigenvalue weighted by molar-refractivity contribution is 5.95. The molecule has 0 radical (unpaired) electrons. The molecule has 0 bridgehead atoms. The van der Waals surface area contributed by atoms with Gasteiger partial charge in [0.25, 0.3) is 5.89 Å². The molecule has 1 heterocycles. The number of carbonyl (C=O) groups is 1. The first kappa shape index (κ1) is 13.8. The van der Waals surface area contributed by atoms with E-state index in [0.29, 0.717) is 17.5 Å². The molecule has 1 N–H and O–H groups in total. The summed E-state index contributed by atoms with van der Waals surface area (Å²) in [5.74, 6) is 1.40. The lowest BCUT2D eigenvalue weighted by atomic mass is 10.1. The van der Waals surface area contributed by atoms with E-state index in [0.717, 1.165) is 29.8 Å². The molecule has 0 atom stereocenters. The fourth-order valence-electron chi connectivity index (χ4n) is 2.11. The molecule has 0 unspecified atom stereocenters. The van der Waals surface area contributed by atoms with Gasteiger partial charge in [0.05, 0.1) is 11.3 Å². The maximum absolute atomic E-state index is 11.7. The van der Waals surface area contributed by atoms with Crippen molar-refractivity contribution in [2.45, 2.75) is 25.7 Å². The SMILES string of the molecule is COCC(=O)Nc1ccc(C)cc1-c1nc(C2CC2)no1. The summed E-state index contributed by atoms with van der Waals surface area (Å²) in [6.45, 7) is 1.98. The number of nitrogens with one attached hydrogen (secondary N) is 1. The van der Waals surface area contributed by atoms with Gasteiger partial charge < -0.3 is 14.6 Å². The van der Waals surface area contributed by atoms with Crippen LogP contribution in [0, 0.1) is 6.92 Å². The molecule has 1 fully saturated rings. The topological polar surface area (TPSA) is 77.2 Å². The number of hydrogen-bond acceptors (Lipinski definition) is 5. The number of anilines is 1. The van der Waals surface area contributed by atoms with Crippen LogP contribution >= 0.6 is 0 Å². The monoisotopic (exact) mass is 287 g/mol. The van der Waals surface area contributed by atoms with E-state index in [2.05, 4.69) is 15.5 Å². The molecule has 3 rings (SSSR count). The Labute approximate surface area is 122 Å². The van der Waals surface area contributed by atoms with E-state index in [4.69, 9.17) is 9.26 Å². The molecule has 1 saturated carbocycles. The number of methoxy groups -OCH3 is 1. The van der Waals surface area contributed by atoms with Crippen molar-refractivity contribution in [1.29, 1.82) is 0 Å². The molecule has 0 aliphatic heterocycles. The van der Waals surface area contributed by atoms with E-state index < -0.39 is 0 Å². The molecule has 1 amide bonds. The first-order chi connectivity index (χ1) is 10.2. The van der Waals surface area contributed by atoms with Crippen molar-refractivity contribution < 1.29 is 14.1 Å². The van der Waals surface area contributed by atoms with Crippen molar-refractivity contribution in [3.8, 4) is 11.5 Å². The minimum Gasteiger partial charge on any atom is -0.375 e. The summed E-state index contributed by atoms with van der Waals surface area (Å²) in [4.78, 5) is 16.1. The summed E-state index contributed by atoms with van der Waals surface area (Å²) in [5, 5.41) is 6.82.